The van der Waals surface area contributed by atoms with Crippen LogP contribution < -0.4 is 0 Å². The highest BCUT2D eigenvalue weighted by molar-refractivity contribution is 7.89. The van der Waals surface area contributed by atoms with Crippen LogP contribution in [0.2, 0.25) is 0 Å². The highest BCUT2D eigenvalue weighted by Gasteiger charge is 2.23. The van der Waals surface area contributed by atoms with E-state index < -0.39 is 16.0 Å². The van der Waals surface area contributed by atoms with Gasteiger partial charge in [-0.1, -0.05) is 19.9 Å². The van der Waals surface area contributed by atoms with Crippen molar-refractivity contribution >= 4 is 16.0 Å². The van der Waals surface area contributed by atoms with Crippen molar-refractivity contribution in [3.8, 4) is 0 Å². The van der Waals surface area contributed by atoms with Gasteiger partial charge in [-0.05, 0) is 24.6 Å². The largest absolute Gasteiger partial charge is 0.465 e. The number of aryl methyl sites for hydroxylation is 1. The Labute approximate surface area is 114 Å². The molecule has 0 fully saturated rings. The zero-order valence-electron chi connectivity index (χ0n) is 11.6. The van der Waals surface area contributed by atoms with Gasteiger partial charge in [-0.2, -0.15) is 4.31 Å². The smallest absolute Gasteiger partial charge is 0.338 e. The van der Waals surface area contributed by atoms with Gasteiger partial charge in [0.25, 0.3) is 0 Å². The van der Waals surface area contributed by atoms with Crippen LogP contribution in [0.1, 0.15) is 29.8 Å². The lowest BCUT2D eigenvalue weighted by Crippen LogP contribution is -2.30. The lowest BCUT2D eigenvalue weighted by molar-refractivity contribution is 0.0599. The van der Waals surface area contributed by atoms with Gasteiger partial charge in [0.15, 0.2) is 0 Å². The van der Waals surface area contributed by atoms with Gasteiger partial charge in [0.2, 0.25) is 10.0 Å². The first-order valence-corrected chi connectivity index (χ1v) is 7.51. The molecule has 1 aromatic rings. The molecule has 0 aromatic heterocycles. The van der Waals surface area contributed by atoms with Crippen LogP contribution in [0.4, 0.5) is 0 Å². The summed E-state index contributed by atoms with van der Waals surface area (Å²) in [4.78, 5) is 11.7. The van der Waals surface area contributed by atoms with Crippen LogP contribution in [0, 0.1) is 6.92 Å². The van der Waals surface area contributed by atoms with Crippen LogP contribution in [0.5, 0.6) is 0 Å². The minimum Gasteiger partial charge on any atom is -0.465 e. The Kier molecular flexibility index (Phi) is 5.08. The summed E-state index contributed by atoms with van der Waals surface area (Å²) in [5.74, 6) is -0.533. The highest BCUT2D eigenvalue weighted by Crippen LogP contribution is 2.20. The predicted octanol–water partition coefficient (Wildman–Crippen LogP) is 1.81. The molecule has 106 valence electrons. The predicted molar refractivity (Wildman–Crippen MR) is 72.6 cm³/mol. The Morgan fingerprint density at radius 2 is 1.84 bits per heavy atom. The standard InChI is InChI=1S/C13H19NO4S/c1-5-14(6-2)19(16,17)11-8-7-10(3)12(9-11)13(15)18-4/h7-9H,5-6H2,1-4H3. The van der Waals surface area contributed by atoms with Gasteiger partial charge in [0.05, 0.1) is 17.6 Å². The summed E-state index contributed by atoms with van der Waals surface area (Å²) in [6.07, 6.45) is 0. The number of nitrogens with zero attached hydrogens (tertiary/aromatic N) is 1. The summed E-state index contributed by atoms with van der Waals surface area (Å²) in [5.41, 5.74) is 0.959. The lowest BCUT2D eigenvalue weighted by atomic mass is 10.1. The van der Waals surface area contributed by atoms with Gasteiger partial charge in [-0.25, -0.2) is 13.2 Å². The molecule has 0 radical (unpaired) electrons. The monoisotopic (exact) mass is 285 g/mol. The molecule has 0 atom stereocenters. The topological polar surface area (TPSA) is 63.7 Å². The van der Waals surface area contributed by atoms with Gasteiger partial charge < -0.3 is 4.74 Å². The molecule has 0 spiro atoms. The van der Waals surface area contributed by atoms with Crippen molar-refractivity contribution in [2.24, 2.45) is 0 Å². The highest BCUT2D eigenvalue weighted by atomic mass is 32.2. The molecule has 6 heteroatoms. The van der Waals surface area contributed by atoms with Crippen molar-refractivity contribution in [2.45, 2.75) is 25.7 Å². The first-order valence-electron chi connectivity index (χ1n) is 6.07. The maximum atomic E-state index is 12.3. The molecule has 0 aliphatic heterocycles. The molecule has 0 N–H and O–H groups in total. The average molecular weight is 285 g/mol. The first-order chi connectivity index (χ1) is 8.88. The summed E-state index contributed by atoms with van der Waals surface area (Å²) in [6, 6.07) is 4.49. The molecule has 0 saturated carbocycles. The Bertz CT molecular complexity index is 562. The maximum absolute atomic E-state index is 12.3. The molecule has 0 bridgehead atoms. The van der Waals surface area contributed by atoms with E-state index in [2.05, 4.69) is 4.74 Å². The number of carbonyl (C=O) groups is 1. The molecule has 0 aliphatic rings. The number of ether oxygens (including phenoxy) is 1. The second kappa shape index (κ2) is 6.16. The van der Waals surface area contributed by atoms with Gasteiger partial charge in [-0.15, -0.1) is 0 Å². The van der Waals surface area contributed by atoms with Crippen LogP contribution in [-0.4, -0.2) is 38.9 Å². The van der Waals surface area contributed by atoms with Crippen molar-refractivity contribution in [3.05, 3.63) is 29.3 Å². The number of hydrogen-bond donors (Lipinski definition) is 0. The van der Waals surface area contributed by atoms with Crippen molar-refractivity contribution < 1.29 is 17.9 Å². The van der Waals surface area contributed by atoms with Crippen molar-refractivity contribution in [3.63, 3.8) is 0 Å². The normalized spacial score (nSPS) is 11.6. The number of carbonyl (C=O) groups excluding carboxylic acids is 1. The summed E-state index contributed by atoms with van der Waals surface area (Å²) >= 11 is 0. The van der Waals surface area contributed by atoms with E-state index in [-0.39, 0.29) is 10.5 Å². The number of hydrogen-bond acceptors (Lipinski definition) is 4. The number of esters is 1. The molecular formula is C13H19NO4S. The van der Waals surface area contributed by atoms with E-state index >= 15 is 0 Å². The third kappa shape index (κ3) is 3.13. The van der Waals surface area contributed by atoms with Crippen molar-refractivity contribution in [1.82, 2.24) is 4.31 Å². The van der Waals surface area contributed by atoms with E-state index in [0.717, 1.165) is 0 Å². The number of methoxy groups -OCH3 is 1. The molecule has 0 amide bonds. The Hall–Kier alpha value is -1.40. The molecule has 0 saturated heterocycles. The Morgan fingerprint density at radius 1 is 1.26 bits per heavy atom. The number of benzene rings is 1. The van der Waals surface area contributed by atoms with Crippen LogP contribution >= 0.6 is 0 Å². The fraction of sp³-hybridized carbons (Fsp3) is 0.462. The molecule has 0 heterocycles. The SMILES string of the molecule is CCN(CC)S(=O)(=O)c1ccc(C)c(C(=O)OC)c1. The number of sulfonamides is 1. The van der Waals surface area contributed by atoms with E-state index in [1.165, 1.54) is 23.5 Å². The minimum absolute atomic E-state index is 0.113. The molecule has 5 nitrogen and oxygen atoms in total. The maximum Gasteiger partial charge on any atom is 0.338 e. The summed E-state index contributed by atoms with van der Waals surface area (Å²) < 4.78 is 30.7. The second-order valence-corrected chi connectivity index (χ2v) is 6.00. The minimum atomic E-state index is -3.56. The van der Waals surface area contributed by atoms with Crippen molar-refractivity contribution in [2.75, 3.05) is 20.2 Å². The molecule has 1 aromatic carbocycles. The Morgan fingerprint density at radius 3 is 2.32 bits per heavy atom. The molecule has 0 unspecified atom stereocenters. The molecule has 1 rings (SSSR count). The third-order valence-electron chi connectivity index (χ3n) is 2.96. The summed E-state index contributed by atoms with van der Waals surface area (Å²) in [5, 5.41) is 0. The fourth-order valence-electron chi connectivity index (χ4n) is 1.80. The fourth-order valence-corrected chi connectivity index (χ4v) is 3.29. The van der Waals surface area contributed by atoms with E-state index in [0.29, 0.717) is 18.7 Å². The van der Waals surface area contributed by atoms with Crippen LogP contribution in [-0.2, 0) is 14.8 Å². The number of rotatable bonds is 5. The van der Waals surface area contributed by atoms with E-state index in [1.54, 1.807) is 26.8 Å². The van der Waals surface area contributed by atoms with Crippen molar-refractivity contribution in [1.29, 1.82) is 0 Å². The van der Waals surface area contributed by atoms with Crippen LogP contribution in [0.3, 0.4) is 0 Å². The first kappa shape index (κ1) is 15.7. The Balaban J connectivity index is 3.33. The lowest BCUT2D eigenvalue weighted by Gasteiger charge is -2.19. The molecule has 19 heavy (non-hydrogen) atoms. The summed E-state index contributed by atoms with van der Waals surface area (Å²) in [7, 11) is -2.29. The van der Waals surface area contributed by atoms with Gasteiger partial charge in [0, 0.05) is 13.1 Å². The van der Waals surface area contributed by atoms with Crippen LogP contribution in [0.15, 0.2) is 23.1 Å². The quantitative estimate of drug-likeness (QED) is 0.774. The zero-order valence-corrected chi connectivity index (χ0v) is 12.5. The van der Waals surface area contributed by atoms with E-state index in [1.807, 2.05) is 0 Å². The van der Waals surface area contributed by atoms with Gasteiger partial charge in [-0.3, -0.25) is 0 Å². The van der Waals surface area contributed by atoms with Gasteiger partial charge in [0.1, 0.15) is 0 Å². The average Bonchev–Trinajstić information content (AvgIpc) is 2.39. The van der Waals surface area contributed by atoms with E-state index in [4.69, 9.17) is 0 Å². The van der Waals surface area contributed by atoms with Gasteiger partial charge >= 0.3 is 5.97 Å². The summed E-state index contributed by atoms with van der Waals surface area (Å²) in [6.45, 7) is 6.06. The second-order valence-electron chi connectivity index (χ2n) is 4.06. The zero-order chi connectivity index (χ0) is 14.6. The molecule has 0 aliphatic carbocycles. The van der Waals surface area contributed by atoms with Crippen LogP contribution in [0.25, 0.3) is 0 Å². The third-order valence-corrected chi connectivity index (χ3v) is 5.00. The molecular weight excluding hydrogens is 266 g/mol. The van der Waals surface area contributed by atoms with E-state index in [9.17, 15) is 13.2 Å².